The average Bonchev–Trinajstić information content (AvgIpc) is 3.65. The number of fused-ring (bicyclic) bond motifs is 1. The zero-order valence-electron chi connectivity index (χ0n) is 32.4. The number of carbonyl (C=O) groups is 1. The van der Waals surface area contributed by atoms with E-state index >= 15 is 0 Å². The van der Waals surface area contributed by atoms with E-state index in [-0.39, 0.29) is 23.8 Å². The number of hydrogen-bond donors (Lipinski definition) is 0. The lowest BCUT2D eigenvalue weighted by atomic mass is 9.61. The number of anilines is 1. The maximum absolute atomic E-state index is 12.8. The number of ether oxygens (including phenoxy) is 3. The molecule has 1 saturated carbocycles. The summed E-state index contributed by atoms with van der Waals surface area (Å²) in [6.45, 7) is 16.1. The molecular formula is C41H53Cl2N7O4. The molecule has 3 aliphatic heterocycles. The molecule has 11 nitrogen and oxygen atoms in total. The highest BCUT2D eigenvalue weighted by atomic mass is 35.5. The molecule has 4 aromatic rings. The summed E-state index contributed by atoms with van der Waals surface area (Å²) >= 11 is 14.3. The highest BCUT2D eigenvalue weighted by Gasteiger charge is 2.56. The van der Waals surface area contributed by atoms with E-state index in [0.717, 1.165) is 91.8 Å². The lowest BCUT2D eigenvalue weighted by Crippen LogP contribution is -2.64. The summed E-state index contributed by atoms with van der Waals surface area (Å²) in [6, 6.07) is 12.7. The Labute approximate surface area is 328 Å². The van der Waals surface area contributed by atoms with Crippen LogP contribution in [0.2, 0.25) is 10.0 Å². The van der Waals surface area contributed by atoms with Crippen molar-refractivity contribution in [3.05, 3.63) is 63.9 Å². The van der Waals surface area contributed by atoms with Gasteiger partial charge in [0.25, 0.3) is 0 Å². The van der Waals surface area contributed by atoms with E-state index in [1.807, 2.05) is 42.6 Å². The van der Waals surface area contributed by atoms with Crippen LogP contribution >= 0.6 is 23.2 Å². The first-order chi connectivity index (χ1) is 25.8. The molecule has 3 saturated heterocycles. The number of likely N-dealkylation sites (tertiary alicyclic amines) is 1. The first-order valence-electron chi connectivity index (χ1n) is 19.4. The minimum Gasteiger partial charge on any atom is -0.444 e. The summed E-state index contributed by atoms with van der Waals surface area (Å²) < 4.78 is 22.0. The minimum atomic E-state index is -0.516. The van der Waals surface area contributed by atoms with E-state index in [9.17, 15) is 4.79 Å². The largest absolute Gasteiger partial charge is 0.444 e. The van der Waals surface area contributed by atoms with Gasteiger partial charge in [0.05, 0.1) is 39.9 Å². The quantitative estimate of drug-likeness (QED) is 0.176. The summed E-state index contributed by atoms with van der Waals surface area (Å²) in [6.07, 6.45) is 6.42. The van der Waals surface area contributed by atoms with Gasteiger partial charge in [-0.3, -0.25) is 9.58 Å². The number of hydrogen-bond acceptors (Lipinski definition) is 8. The highest BCUT2D eigenvalue weighted by Crippen LogP contribution is 2.56. The third kappa shape index (κ3) is 6.89. The summed E-state index contributed by atoms with van der Waals surface area (Å²) in [7, 11) is 1.77. The smallest absolute Gasteiger partial charge is 0.410 e. The second-order valence-corrected chi connectivity index (χ2v) is 18.1. The molecule has 2 atom stereocenters. The Balaban J connectivity index is 1.18. The number of aromatic nitrogens is 4. The van der Waals surface area contributed by atoms with Crippen molar-refractivity contribution in [1.29, 1.82) is 0 Å². The van der Waals surface area contributed by atoms with Crippen molar-refractivity contribution in [2.45, 2.75) is 96.7 Å². The maximum Gasteiger partial charge on any atom is 0.410 e. The van der Waals surface area contributed by atoms with Gasteiger partial charge >= 0.3 is 6.09 Å². The Morgan fingerprint density at radius 3 is 2.48 bits per heavy atom. The molecule has 1 aliphatic carbocycles. The van der Waals surface area contributed by atoms with Gasteiger partial charge in [0.1, 0.15) is 5.60 Å². The molecular weight excluding hydrogens is 725 g/mol. The molecule has 290 valence electrons. The molecule has 1 unspecified atom stereocenters. The predicted octanol–water partition coefficient (Wildman–Crippen LogP) is 8.51. The molecule has 8 rings (SSSR count). The van der Waals surface area contributed by atoms with Gasteiger partial charge in [0, 0.05) is 80.6 Å². The van der Waals surface area contributed by atoms with Gasteiger partial charge in [-0.05, 0) is 78.4 Å². The van der Waals surface area contributed by atoms with Gasteiger partial charge in [-0.25, -0.2) is 9.48 Å². The molecule has 2 aromatic heterocycles. The number of carbonyl (C=O) groups excluding carboxylic acids is 1. The topological polar surface area (TPSA) is 90.1 Å². The van der Waals surface area contributed by atoms with Crippen LogP contribution in [0.3, 0.4) is 0 Å². The highest BCUT2D eigenvalue weighted by molar-refractivity contribution is 6.45. The van der Waals surface area contributed by atoms with Gasteiger partial charge in [-0.2, -0.15) is 10.2 Å². The molecule has 0 N–H and O–H groups in total. The van der Waals surface area contributed by atoms with E-state index in [2.05, 4.69) is 58.7 Å². The second-order valence-electron chi connectivity index (χ2n) is 17.3. The lowest BCUT2D eigenvalue weighted by molar-refractivity contribution is -0.0930. The van der Waals surface area contributed by atoms with Gasteiger partial charge in [-0.1, -0.05) is 53.5 Å². The number of halogens is 2. The number of methoxy groups -OCH3 is 1. The molecule has 0 bridgehead atoms. The van der Waals surface area contributed by atoms with E-state index < -0.39 is 11.1 Å². The van der Waals surface area contributed by atoms with Crippen LogP contribution in [0.5, 0.6) is 0 Å². The van der Waals surface area contributed by atoms with Crippen LogP contribution in [0.25, 0.3) is 22.0 Å². The van der Waals surface area contributed by atoms with E-state index in [1.165, 1.54) is 5.56 Å². The van der Waals surface area contributed by atoms with E-state index in [1.54, 1.807) is 7.11 Å². The molecule has 0 radical (unpaired) electrons. The zero-order valence-corrected chi connectivity index (χ0v) is 33.9. The average molecular weight is 779 g/mol. The molecule has 5 heterocycles. The van der Waals surface area contributed by atoms with Crippen molar-refractivity contribution in [2.75, 3.05) is 57.9 Å². The van der Waals surface area contributed by atoms with Gasteiger partial charge < -0.3 is 24.0 Å². The van der Waals surface area contributed by atoms with Gasteiger partial charge in [0.2, 0.25) is 0 Å². The number of nitrogens with zero attached hydrogens (tertiary/aromatic N) is 7. The summed E-state index contributed by atoms with van der Waals surface area (Å²) in [5.74, 6) is 0.878. The fourth-order valence-electron chi connectivity index (χ4n) is 9.38. The van der Waals surface area contributed by atoms with E-state index in [0.29, 0.717) is 36.3 Å². The van der Waals surface area contributed by atoms with Crippen molar-refractivity contribution >= 4 is 46.0 Å². The third-order valence-corrected chi connectivity index (χ3v) is 12.6. The monoisotopic (exact) mass is 777 g/mol. The zero-order chi connectivity index (χ0) is 38.0. The SMILES string of the molecule is COC[C@@]1(C)CN(Cc2ccccc2)CCN1c1nn(C2CC3(C2)CN(C(=O)OC(C)(C)C)C3)c(C)c1-c1c(Cl)c(Cl)cc2c1cnn2C1CCCCO1. The standard InChI is InChI=1S/C41H53Cl2N7O4/c1-27-34(35-30-21-44-50(33-14-10-11-17-53-33)32(30)18-31(42)36(35)43)37(45-49(27)29-19-41(20-29)24-47(25-41)38(51)54-39(2,3)4)48-16-15-46(23-40(48,5)26-52-6)22-28-12-8-7-9-13-28/h7-9,12-13,18,21,29,33H,10-11,14-17,19-20,22-26H2,1-6H3/t33?,40-/m1/s1. The van der Waals surface area contributed by atoms with Gasteiger partial charge in [-0.15, -0.1) is 0 Å². The van der Waals surface area contributed by atoms with Crippen molar-refractivity contribution in [3.8, 4) is 11.1 Å². The summed E-state index contributed by atoms with van der Waals surface area (Å²) in [4.78, 5) is 19.6. The van der Waals surface area contributed by atoms with Crippen molar-refractivity contribution in [1.82, 2.24) is 29.4 Å². The van der Waals surface area contributed by atoms with E-state index in [4.69, 9.17) is 47.6 Å². The van der Waals surface area contributed by atoms with Crippen molar-refractivity contribution < 1.29 is 19.0 Å². The molecule has 4 aliphatic rings. The van der Waals surface area contributed by atoms with Crippen LogP contribution in [-0.4, -0.2) is 99.6 Å². The Morgan fingerprint density at radius 2 is 1.80 bits per heavy atom. The fourth-order valence-corrected chi connectivity index (χ4v) is 9.83. The Kier molecular flexibility index (Phi) is 9.95. The van der Waals surface area contributed by atoms with Crippen LogP contribution in [0, 0.1) is 12.3 Å². The molecule has 4 fully saturated rings. The minimum absolute atomic E-state index is 0.0794. The third-order valence-electron chi connectivity index (χ3n) is 11.8. The predicted molar refractivity (Wildman–Crippen MR) is 212 cm³/mol. The number of rotatable bonds is 8. The van der Waals surface area contributed by atoms with Crippen LogP contribution in [-0.2, 0) is 20.8 Å². The van der Waals surface area contributed by atoms with Crippen LogP contribution < -0.4 is 4.90 Å². The molecule has 13 heteroatoms. The second kappa shape index (κ2) is 14.3. The maximum atomic E-state index is 12.8. The van der Waals surface area contributed by atoms with Crippen LogP contribution in [0.15, 0.2) is 42.6 Å². The summed E-state index contributed by atoms with van der Waals surface area (Å²) in [5, 5.41) is 12.3. The molecule has 1 amide bonds. The van der Waals surface area contributed by atoms with Crippen LogP contribution in [0.1, 0.15) is 83.3 Å². The van der Waals surface area contributed by atoms with Crippen LogP contribution in [0.4, 0.5) is 10.6 Å². The molecule has 1 spiro atoms. The first kappa shape index (κ1) is 37.6. The Morgan fingerprint density at radius 1 is 1.04 bits per heavy atom. The van der Waals surface area contributed by atoms with Gasteiger partial charge in [0.15, 0.2) is 12.0 Å². The van der Waals surface area contributed by atoms with Crippen molar-refractivity contribution in [2.24, 2.45) is 5.41 Å². The molecule has 54 heavy (non-hydrogen) atoms. The first-order valence-corrected chi connectivity index (χ1v) is 20.1. The normalized spacial score (nSPS) is 23.5. The fraction of sp³-hybridized carbons (Fsp3) is 0.585. The summed E-state index contributed by atoms with van der Waals surface area (Å²) in [5.41, 5.74) is 4.21. The number of benzene rings is 2. The number of amides is 1. The Bertz CT molecular complexity index is 2010. The lowest BCUT2D eigenvalue weighted by Gasteiger charge is -2.58. The molecule has 2 aromatic carbocycles. The van der Waals surface area contributed by atoms with Crippen molar-refractivity contribution in [3.63, 3.8) is 0 Å². The Hall–Kier alpha value is -3.35. The number of piperazine rings is 1.